The van der Waals surface area contributed by atoms with Crippen molar-refractivity contribution in [3.05, 3.63) is 0 Å². The van der Waals surface area contributed by atoms with Gasteiger partial charge < -0.3 is 15.2 Å². The van der Waals surface area contributed by atoms with Gasteiger partial charge >= 0.3 is 5.97 Å². The number of nitrogens with one attached hydrogen (secondary N) is 1. The number of carboxylic acid groups (broad SMARTS) is 1. The summed E-state index contributed by atoms with van der Waals surface area (Å²) in [4.78, 5) is 10.8. The number of unbranched alkanes of at least 4 members (excludes halogenated alkanes) is 1. The lowest BCUT2D eigenvalue weighted by molar-refractivity contribution is -0.139. The second-order valence-electron chi connectivity index (χ2n) is 3.54. The van der Waals surface area contributed by atoms with Crippen LogP contribution in [0.1, 0.15) is 39.5 Å². The van der Waals surface area contributed by atoms with Gasteiger partial charge in [-0.3, -0.25) is 4.79 Å². The minimum atomic E-state index is -0.750. The van der Waals surface area contributed by atoms with Crippen molar-refractivity contribution in [2.24, 2.45) is 0 Å². The highest BCUT2D eigenvalue weighted by molar-refractivity contribution is 5.73. The quantitative estimate of drug-likeness (QED) is 0.546. The van der Waals surface area contributed by atoms with Gasteiger partial charge in [0, 0.05) is 13.2 Å². The van der Waals surface area contributed by atoms with Crippen molar-refractivity contribution in [1.82, 2.24) is 5.32 Å². The van der Waals surface area contributed by atoms with E-state index in [0.29, 0.717) is 19.6 Å². The first-order valence-corrected chi connectivity index (χ1v) is 5.76. The van der Waals surface area contributed by atoms with Crippen LogP contribution in [0.5, 0.6) is 0 Å². The Morgan fingerprint density at radius 3 is 2.67 bits per heavy atom. The Morgan fingerprint density at radius 2 is 2.13 bits per heavy atom. The number of rotatable bonds is 10. The Bertz CT molecular complexity index is 162. The van der Waals surface area contributed by atoms with Crippen LogP contribution in [-0.2, 0) is 9.53 Å². The summed E-state index contributed by atoms with van der Waals surface area (Å²) in [7, 11) is 0. The fourth-order valence-electron chi connectivity index (χ4n) is 1.32. The number of ether oxygens (including phenoxy) is 1. The molecule has 1 unspecified atom stereocenters. The minimum Gasteiger partial charge on any atom is -0.480 e. The zero-order valence-corrected chi connectivity index (χ0v) is 9.79. The Kier molecular flexibility index (Phi) is 9.52. The number of hydrogen-bond acceptors (Lipinski definition) is 3. The molecule has 90 valence electrons. The van der Waals surface area contributed by atoms with E-state index in [9.17, 15) is 4.79 Å². The maximum absolute atomic E-state index is 10.8. The van der Waals surface area contributed by atoms with E-state index in [1.165, 1.54) is 0 Å². The van der Waals surface area contributed by atoms with E-state index in [0.717, 1.165) is 25.9 Å². The van der Waals surface area contributed by atoms with Crippen molar-refractivity contribution in [3.8, 4) is 0 Å². The van der Waals surface area contributed by atoms with Crippen molar-refractivity contribution >= 4 is 5.97 Å². The van der Waals surface area contributed by atoms with E-state index in [1.54, 1.807) is 0 Å². The average molecular weight is 217 g/mol. The molecule has 1 atom stereocenters. The highest BCUT2D eigenvalue weighted by Crippen LogP contribution is 2.00. The Labute approximate surface area is 92.0 Å². The third kappa shape index (κ3) is 8.39. The van der Waals surface area contributed by atoms with Gasteiger partial charge in [0.05, 0.1) is 0 Å². The standard InChI is InChI=1S/C11H23NO3/c1-3-5-7-10(11(13)14)12-8-6-9-15-4-2/h10,12H,3-9H2,1-2H3,(H,13,14). The van der Waals surface area contributed by atoms with Crippen LogP contribution in [0.2, 0.25) is 0 Å². The molecule has 0 aliphatic heterocycles. The summed E-state index contributed by atoms with van der Waals surface area (Å²) in [5, 5.41) is 11.9. The third-order valence-electron chi connectivity index (χ3n) is 2.20. The van der Waals surface area contributed by atoms with Gasteiger partial charge in [0.2, 0.25) is 0 Å². The molecule has 0 heterocycles. The molecule has 0 aliphatic carbocycles. The molecular weight excluding hydrogens is 194 g/mol. The maximum Gasteiger partial charge on any atom is 0.320 e. The Hall–Kier alpha value is -0.610. The van der Waals surface area contributed by atoms with Crippen LogP contribution in [-0.4, -0.2) is 36.9 Å². The van der Waals surface area contributed by atoms with Gasteiger partial charge in [0.1, 0.15) is 6.04 Å². The molecule has 0 saturated carbocycles. The van der Waals surface area contributed by atoms with Gasteiger partial charge in [-0.15, -0.1) is 0 Å². The summed E-state index contributed by atoms with van der Waals surface area (Å²) < 4.78 is 5.17. The van der Waals surface area contributed by atoms with Crippen LogP contribution in [0.3, 0.4) is 0 Å². The number of hydrogen-bond donors (Lipinski definition) is 2. The van der Waals surface area contributed by atoms with E-state index in [-0.39, 0.29) is 0 Å². The van der Waals surface area contributed by atoms with E-state index < -0.39 is 12.0 Å². The normalized spacial score (nSPS) is 12.7. The molecule has 0 amide bonds. The smallest absolute Gasteiger partial charge is 0.320 e. The van der Waals surface area contributed by atoms with Crippen LogP contribution in [0, 0.1) is 0 Å². The molecule has 0 saturated heterocycles. The third-order valence-corrected chi connectivity index (χ3v) is 2.20. The highest BCUT2D eigenvalue weighted by atomic mass is 16.5. The van der Waals surface area contributed by atoms with E-state index in [2.05, 4.69) is 12.2 Å². The molecule has 0 aromatic heterocycles. The molecule has 0 aromatic carbocycles. The van der Waals surface area contributed by atoms with Crippen molar-refractivity contribution < 1.29 is 14.6 Å². The molecule has 0 aromatic rings. The lowest BCUT2D eigenvalue weighted by Crippen LogP contribution is -2.37. The Balaban J connectivity index is 3.53. The van der Waals surface area contributed by atoms with Crippen molar-refractivity contribution in [2.45, 2.75) is 45.6 Å². The van der Waals surface area contributed by atoms with Crippen molar-refractivity contribution in [1.29, 1.82) is 0 Å². The summed E-state index contributed by atoms with van der Waals surface area (Å²) in [5.74, 6) is -0.750. The van der Waals surface area contributed by atoms with Crippen LogP contribution < -0.4 is 5.32 Å². The fraction of sp³-hybridized carbons (Fsp3) is 0.909. The summed E-state index contributed by atoms with van der Waals surface area (Å²) in [6.07, 6.45) is 3.56. The second-order valence-corrected chi connectivity index (χ2v) is 3.54. The zero-order valence-electron chi connectivity index (χ0n) is 9.79. The molecule has 2 N–H and O–H groups in total. The average Bonchev–Trinajstić information content (AvgIpc) is 2.21. The summed E-state index contributed by atoms with van der Waals surface area (Å²) >= 11 is 0. The second kappa shape index (κ2) is 9.93. The summed E-state index contributed by atoms with van der Waals surface area (Å²) in [6, 6.07) is -0.397. The molecule has 0 spiro atoms. The maximum atomic E-state index is 10.8. The fourth-order valence-corrected chi connectivity index (χ4v) is 1.32. The van der Waals surface area contributed by atoms with E-state index >= 15 is 0 Å². The van der Waals surface area contributed by atoms with Crippen molar-refractivity contribution in [3.63, 3.8) is 0 Å². The summed E-state index contributed by atoms with van der Waals surface area (Å²) in [5.41, 5.74) is 0. The lowest BCUT2D eigenvalue weighted by atomic mass is 10.1. The first-order valence-electron chi connectivity index (χ1n) is 5.76. The molecule has 0 rings (SSSR count). The van der Waals surface area contributed by atoms with Gasteiger partial charge in [0.15, 0.2) is 0 Å². The molecule has 0 aliphatic rings. The molecule has 0 bridgehead atoms. The largest absolute Gasteiger partial charge is 0.480 e. The molecule has 15 heavy (non-hydrogen) atoms. The number of aliphatic carboxylic acids is 1. The number of carbonyl (C=O) groups is 1. The van der Waals surface area contributed by atoms with E-state index in [1.807, 2.05) is 6.92 Å². The Morgan fingerprint density at radius 1 is 1.40 bits per heavy atom. The SMILES string of the molecule is CCCCC(NCCCOCC)C(=O)O. The van der Waals surface area contributed by atoms with Crippen LogP contribution in [0.15, 0.2) is 0 Å². The molecular formula is C11H23NO3. The summed E-state index contributed by atoms with van der Waals surface area (Å²) in [6.45, 7) is 6.14. The lowest BCUT2D eigenvalue weighted by Gasteiger charge is -2.13. The topological polar surface area (TPSA) is 58.6 Å². The predicted octanol–water partition coefficient (Wildman–Crippen LogP) is 1.65. The van der Waals surface area contributed by atoms with Crippen LogP contribution >= 0.6 is 0 Å². The zero-order chi connectivity index (χ0) is 11.5. The molecule has 4 nitrogen and oxygen atoms in total. The van der Waals surface area contributed by atoms with Gasteiger partial charge in [-0.25, -0.2) is 0 Å². The van der Waals surface area contributed by atoms with Gasteiger partial charge in [-0.1, -0.05) is 19.8 Å². The minimum absolute atomic E-state index is 0.397. The van der Waals surface area contributed by atoms with Crippen molar-refractivity contribution in [2.75, 3.05) is 19.8 Å². The molecule has 4 heteroatoms. The molecule has 0 fully saturated rings. The first kappa shape index (κ1) is 14.4. The van der Waals surface area contributed by atoms with Gasteiger partial charge in [-0.05, 0) is 26.3 Å². The van der Waals surface area contributed by atoms with Gasteiger partial charge in [0.25, 0.3) is 0 Å². The van der Waals surface area contributed by atoms with Crippen LogP contribution in [0.25, 0.3) is 0 Å². The first-order chi connectivity index (χ1) is 7.22. The highest BCUT2D eigenvalue weighted by Gasteiger charge is 2.14. The molecule has 0 radical (unpaired) electrons. The van der Waals surface area contributed by atoms with E-state index in [4.69, 9.17) is 9.84 Å². The number of carboxylic acids is 1. The predicted molar refractivity (Wildman–Crippen MR) is 60.1 cm³/mol. The van der Waals surface area contributed by atoms with Gasteiger partial charge in [-0.2, -0.15) is 0 Å². The van der Waals surface area contributed by atoms with Crippen LogP contribution in [0.4, 0.5) is 0 Å². The monoisotopic (exact) mass is 217 g/mol.